The van der Waals surface area contributed by atoms with Crippen molar-refractivity contribution >= 4 is 22.4 Å². The standard InChI is InChI=1S/C21H23N3O2S/c1-15-7-6-8-16(13-15)20(25)23-21-22-18(14-27-21)17-9-4-5-10-19(17)26-12-11-24(2)3/h4-10,13-14H,11-12H2,1-3H3,(H,22,23,25). The number of hydrogen-bond donors (Lipinski definition) is 1. The lowest BCUT2D eigenvalue weighted by Crippen LogP contribution is -2.19. The molecule has 0 aliphatic heterocycles. The Balaban J connectivity index is 1.73. The summed E-state index contributed by atoms with van der Waals surface area (Å²) < 4.78 is 5.91. The number of likely N-dealkylation sites (N-methyl/N-ethyl adjacent to an activating group) is 1. The first-order valence-electron chi connectivity index (χ1n) is 8.73. The zero-order chi connectivity index (χ0) is 19.2. The number of benzene rings is 2. The fraction of sp³-hybridized carbons (Fsp3) is 0.238. The predicted molar refractivity (Wildman–Crippen MR) is 111 cm³/mol. The third-order valence-corrected chi connectivity index (χ3v) is 4.72. The average Bonchev–Trinajstić information content (AvgIpc) is 3.10. The highest BCUT2D eigenvalue weighted by atomic mass is 32.1. The van der Waals surface area contributed by atoms with E-state index in [9.17, 15) is 4.79 Å². The third-order valence-electron chi connectivity index (χ3n) is 3.96. The maximum Gasteiger partial charge on any atom is 0.257 e. The fourth-order valence-corrected chi connectivity index (χ4v) is 3.26. The molecule has 140 valence electrons. The summed E-state index contributed by atoms with van der Waals surface area (Å²) in [5.74, 6) is 0.635. The van der Waals surface area contributed by atoms with Gasteiger partial charge < -0.3 is 9.64 Å². The number of hydrogen-bond acceptors (Lipinski definition) is 5. The molecule has 0 saturated heterocycles. The van der Waals surface area contributed by atoms with Crippen LogP contribution in [0.2, 0.25) is 0 Å². The molecule has 0 unspecified atom stereocenters. The predicted octanol–water partition coefficient (Wildman–Crippen LogP) is 4.31. The van der Waals surface area contributed by atoms with Gasteiger partial charge in [0.25, 0.3) is 5.91 Å². The van der Waals surface area contributed by atoms with Crippen molar-refractivity contribution in [2.75, 3.05) is 32.6 Å². The van der Waals surface area contributed by atoms with Crippen LogP contribution < -0.4 is 10.1 Å². The second-order valence-corrected chi connectivity index (χ2v) is 7.37. The molecule has 6 heteroatoms. The minimum absolute atomic E-state index is 0.157. The van der Waals surface area contributed by atoms with E-state index in [0.717, 1.165) is 29.1 Å². The van der Waals surface area contributed by atoms with Crippen LogP contribution in [0.1, 0.15) is 15.9 Å². The number of aromatic nitrogens is 1. The van der Waals surface area contributed by atoms with Crippen LogP contribution in [0, 0.1) is 6.92 Å². The number of rotatable bonds is 7. The molecule has 3 aromatic rings. The first kappa shape index (κ1) is 19.1. The molecule has 0 bridgehead atoms. The van der Waals surface area contributed by atoms with E-state index in [-0.39, 0.29) is 5.91 Å². The van der Waals surface area contributed by atoms with Crippen molar-refractivity contribution in [3.63, 3.8) is 0 Å². The van der Waals surface area contributed by atoms with Crippen LogP contribution in [0.4, 0.5) is 5.13 Å². The molecule has 1 amide bonds. The number of thiazole rings is 1. The number of carbonyl (C=O) groups excluding carboxylic acids is 1. The fourth-order valence-electron chi connectivity index (χ4n) is 2.55. The van der Waals surface area contributed by atoms with Gasteiger partial charge in [0.05, 0.1) is 5.69 Å². The maximum atomic E-state index is 12.4. The molecular formula is C21H23N3O2S. The molecule has 0 fully saturated rings. The molecule has 5 nitrogen and oxygen atoms in total. The Labute approximate surface area is 163 Å². The maximum absolute atomic E-state index is 12.4. The Hall–Kier alpha value is -2.70. The zero-order valence-electron chi connectivity index (χ0n) is 15.7. The van der Waals surface area contributed by atoms with Crippen LogP contribution in [0.5, 0.6) is 5.75 Å². The van der Waals surface area contributed by atoms with Gasteiger partial charge in [0.1, 0.15) is 12.4 Å². The van der Waals surface area contributed by atoms with Crippen LogP contribution in [-0.2, 0) is 0 Å². The topological polar surface area (TPSA) is 54.5 Å². The van der Waals surface area contributed by atoms with Gasteiger partial charge in [0, 0.05) is 23.1 Å². The van der Waals surface area contributed by atoms with Crippen molar-refractivity contribution in [2.45, 2.75) is 6.92 Å². The molecule has 0 aliphatic rings. The summed E-state index contributed by atoms with van der Waals surface area (Å²) in [6.07, 6.45) is 0. The highest BCUT2D eigenvalue weighted by molar-refractivity contribution is 7.14. The van der Waals surface area contributed by atoms with Gasteiger partial charge in [-0.3, -0.25) is 10.1 Å². The van der Waals surface area contributed by atoms with E-state index in [1.807, 2.05) is 68.9 Å². The highest BCUT2D eigenvalue weighted by Gasteiger charge is 2.13. The zero-order valence-corrected chi connectivity index (χ0v) is 16.5. The van der Waals surface area contributed by atoms with Crippen LogP contribution in [0.3, 0.4) is 0 Å². The van der Waals surface area contributed by atoms with Crippen molar-refractivity contribution in [1.82, 2.24) is 9.88 Å². The van der Waals surface area contributed by atoms with Gasteiger partial charge in [0.15, 0.2) is 5.13 Å². The number of ether oxygens (including phenoxy) is 1. The molecule has 0 radical (unpaired) electrons. The molecule has 27 heavy (non-hydrogen) atoms. The summed E-state index contributed by atoms with van der Waals surface area (Å²) in [6.45, 7) is 3.40. The molecule has 0 spiro atoms. The summed E-state index contributed by atoms with van der Waals surface area (Å²) in [5.41, 5.74) is 3.38. The summed E-state index contributed by atoms with van der Waals surface area (Å²) in [7, 11) is 4.03. The van der Waals surface area contributed by atoms with Crippen LogP contribution in [-0.4, -0.2) is 43.0 Å². The van der Waals surface area contributed by atoms with Gasteiger partial charge in [-0.2, -0.15) is 0 Å². The lowest BCUT2D eigenvalue weighted by Gasteiger charge is -2.13. The second kappa shape index (κ2) is 8.79. The summed E-state index contributed by atoms with van der Waals surface area (Å²) in [4.78, 5) is 19.1. The summed E-state index contributed by atoms with van der Waals surface area (Å²) in [5, 5.41) is 5.37. The van der Waals surface area contributed by atoms with E-state index in [1.165, 1.54) is 11.3 Å². The SMILES string of the molecule is Cc1cccc(C(=O)Nc2nc(-c3ccccc3OCCN(C)C)cs2)c1. The minimum Gasteiger partial charge on any atom is -0.492 e. The number of carbonyl (C=O) groups is 1. The molecule has 3 rings (SSSR count). The molecule has 0 atom stereocenters. The molecular weight excluding hydrogens is 358 g/mol. The lowest BCUT2D eigenvalue weighted by atomic mass is 10.1. The number of nitrogens with zero attached hydrogens (tertiary/aromatic N) is 2. The number of para-hydroxylation sites is 1. The van der Waals surface area contributed by atoms with E-state index in [2.05, 4.69) is 15.2 Å². The van der Waals surface area contributed by atoms with E-state index < -0.39 is 0 Å². The molecule has 0 saturated carbocycles. The van der Waals surface area contributed by atoms with Gasteiger partial charge in [-0.25, -0.2) is 4.98 Å². The van der Waals surface area contributed by atoms with Crippen LogP contribution in [0.15, 0.2) is 53.9 Å². The monoisotopic (exact) mass is 381 g/mol. The highest BCUT2D eigenvalue weighted by Crippen LogP contribution is 2.32. The van der Waals surface area contributed by atoms with Gasteiger partial charge in [-0.05, 0) is 45.3 Å². The quantitative estimate of drug-likeness (QED) is 0.663. The molecule has 1 aromatic heterocycles. The van der Waals surface area contributed by atoms with Crippen molar-refractivity contribution < 1.29 is 9.53 Å². The van der Waals surface area contributed by atoms with Crippen LogP contribution in [0.25, 0.3) is 11.3 Å². The summed E-state index contributed by atoms with van der Waals surface area (Å²) >= 11 is 1.40. The third kappa shape index (κ3) is 5.15. The number of aryl methyl sites for hydroxylation is 1. The van der Waals surface area contributed by atoms with E-state index in [1.54, 1.807) is 6.07 Å². The van der Waals surface area contributed by atoms with Gasteiger partial charge in [-0.1, -0.05) is 29.8 Å². The van der Waals surface area contributed by atoms with Crippen molar-refractivity contribution in [1.29, 1.82) is 0 Å². The van der Waals surface area contributed by atoms with E-state index in [4.69, 9.17) is 4.74 Å². The Morgan fingerprint density at radius 2 is 2.00 bits per heavy atom. The van der Waals surface area contributed by atoms with Crippen molar-refractivity contribution in [2.24, 2.45) is 0 Å². The van der Waals surface area contributed by atoms with Gasteiger partial charge in [-0.15, -0.1) is 11.3 Å². The normalized spacial score (nSPS) is 10.8. The van der Waals surface area contributed by atoms with Crippen molar-refractivity contribution in [3.8, 4) is 17.0 Å². The van der Waals surface area contributed by atoms with Crippen LogP contribution >= 0.6 is 11.3 Å². The number of amides is 1. The van der Waals surface area contributed by atoms with E-state index in [0.29, 0.717) is 17.3 Å². The Kier molecular flexibility index (Phi) is 6.21. The Morgan fingerprint density at radius 1 is 1.19 bits per heavy atom. The first-order valence-corrected chi connectivity index (χ1v) is 9.61. The number of anilines is 1. The average molecular weight is 382 g/mol. The molecule has 2 aromatic carbocycles. The van der Waals surface area contributed by atoms with Gasteiger partial charge >= 0.3 is 0 Å². The lowest BCUT2D eigenvalue weighted by molar-refractivity contribution is 0.102. The van der Waals surface area contributed by atoms with E-state index >= 15 is 0 Å². The molecule has 1 heterocycles. The molecule has 0 aliphatic carbocycles. The summed E-state index contributed by atoms with van der Waals surface area (Å²) in [6, 6.07) is 15.3. The number of nitrogens with one attached hydrogen (secondary N) is 1. The Morgan fingerprint density at radius 3 is 2.78 bits per heavy atom. The van der Waals surface area contributed by atoms with Crippen molar-refractivity contribution in [3.05, 3.63) is 65.0 Å². The first-order chi connectivity index (χ1) is 13.0. The largest absolute Gasteiger partial charge is 0.492 e. The molecule has 1 N–H and O–H groups in total. The minimum atomic E-state index is -0.157. The smallest absolute Gasteiger partial charge is 0.257 e. The second-order valence-electron chi connectivity index (χ2n) is 6.51. The van der Waals surface area contributed by atoms with Gasteiger partial charge in [0.2, 0.25) is 0 Å². The Bertz CT molecular complexity index is 921.